The summed E-state index contributed by atoms with van der Waals surface area (Å²) in [5, 5.41) is 9.67. The van der Waals surface area contributed by atoms with Gasteiger partial charge in [-0.25, -0.2) is 4.79 Å². The van der Waals surface area contributed by atoms with Gasteiger partial charge in [0.2, 0.25) is 5.91 Å². The van der Waals surface area contributed by atoms with Crippen molar-refractivity contribution in [3.63, 3.8) is 0 Å². The van der Waals surface area contributed by atoms with Gasteiger partial charge < -0.3 is 14.7 Å². The van der Waals surface area contributed by atoms with Gasteiger partial charge in [-0.2, -0.15) is 0 Å². The van der Waals surface area contributed by atoms with E-state index in [4.69, 9.17) is 4.74 Å². The number of aromatic amines is 1. The van der Waals surface area contributed by atoms with Crippen molar-refractivity contribution in [1.29, 1.82) is 0 Å². The smallest absolute Gasteiger partial charge is 0.328 e. The number of rotatable bonds is 4. The summed E-state index contributed by atoms with van der Waals surface area (Å²) in [5.74, 6) is -0.283. The van der Waals surface area contributed by atoms with Gasteiger partial charge in [-0.3, -0.25) is 19.1 Å². The van der Waals surface area contributed by atoms with E-state index in [1.165, 1.54) is 10.8 Å². The number of H-pyrrole nitrogens is 1. The molecular weight excluding hydrogens is 338 g/mol. The minimum atomic E-state index is -0.628. The van der Waals surface area contributed by atoms with Crippen molar-refractivity contribution in [2.75, 3.05) is 19.8 Å². The number of hydrogen-bond acceptors (Lipinski definition) is 5. The molecule has 0 radical (unpaired) electrons. The molecule has 0 spiro atoms. The van der Waals surface area contributed by atoms with E-state index >= 15 is 0 Å². The summed E-state index contributed by atoms with van der Waals surface area (Å²) in [5.41, 5.74) is 0.113. The average molecular weight is 359 g/mol. The van der Waals surface area contributed by atoms with Gasteiger partial charge in [-0.05, 0) is 12.5 Å². The molecular formula is C18H21N3O5. The molecule has 1 fully saturated rings. The first-order valence-corrected chi connectivity index (χ1v) is 8.38. The molecule has 0 bridgehead atoms. The van der Waals surface area contributed by atoms with Crippen molar-refractivity contribution in [2.24, 2.45) is 0 Å². The van der Waals surface area contributed by atoms with E-state index in [1.807, 2.05) is 30.3 Å². The van der Waals surface area contributed by atoms with Crippen molar-refractivity contribution in [1.82, 2.24) is 14.5 Å². The number of carbonyl (C=O) groups excluding carboxylic acids is 1. The van der Waals surface area contributed by atoms with Crippen LogP contribution in [0.4, 0.5) is 0 Å². The van der Waals surface area contributed by atoms with Crippen LogP contribution in [-0.2, 0) is 16.1 Å². The second-order valence-electron chi connectivity index (χ2n) is 6.23. The molecule has 138 valence electrons. The summed E-state index contributed by atoms with van der Waals surface area (Å²) >= 11 is 0. The normalized spacial score (nSPS) is 20.2. The monoisotopic (exact) mass is 359 g/mol. The molecule has 1 aliphatic rings. The van der Waals surface area contributed by atoms with Crippen LogP contribution in [0.15, 0.2) is 46.1 Å². The number of benzene rings is 1. The Morgan fingerprint density at radius 2 is 2.04 bits per heavy atom. The Labute approximate surface area is 149 Å². The zero-order chi connectivity index (χ0) is 18.7. The fourth-order valence-electron chi connectivity index (χ4n) is 3.18. The van der Waals surface area contributed by atoms with E-state index in [1.54, 1.807) is 11.8 Å². The molecule has 2 heterocycles. The number of hydrogen-bond donors (Lipinski definition) is 2. The number of morpholine rings is 1. The first-order chi connectivity index (χ1) is 12.5. The summed E-state index contributed by atoms with van der Waals surface area (Å²) < 4.78 is 6.81. The van der Waals surface area contributed by atoms with Gasteiger partial charge in [0.15, 0.2) is 0 Å². The van der Waals surface area contributed by atoms with Crippen LogP contribution in [0.3, 0.4) is 0 Å². The Bertz CT molecular complexity index is 890. The SMILES string of the molecule is Cc1cn(CC(=O)N2CCO[C@H](CO)[C@H]2c2ccccc2)c(=O)[nH]c1=O. The predicted molar refractivity (Wildman–Crippen MR) is 93.8 cm³/mol. The van der Waals surface area contributed by atoms with Crippen LogP contribution in [0.2, 0.25) is 0 Å². The third kappa shape index (κ3) is 3.61. The quantitative estimate of drug-likeness (QED) is 0.787. The molecule has 8 nitrogen and oxygen atoms in total. The lowest BCUT2D eigenvalue weighted by Gasteiger charge is -2.41. The van der Waals surface area contributed by atoms with Crippen LogP contribution in [0.25, 0.3) is 0 Å². The maximum absolute atomic E-state index is 12.9. The first-order valence-electron chi connectivity index (χ1n) is 8.38. The summed E-state index contributed by atoms with van der Waals surface area (Å²) in [6.45, 7) is 1.81. The van der Waals surface area contributed by atoms with Crippen LogP contribution in [-0.4, -0.2) is 51.3 Å². The van der Waals surface area contributed by atoms with E-state index in [0.717, 1.165) is 5.56 Å². The number of aromatic nitrogens is 2. The summed E-state index contributed by atoms with van der Waals surface area (Å²) in [7, 11) is 0. The lowest BCUT2D eigenvalue weighted by Crippen LogP contribution is -2.51. The molecule has 1 aromatic heterocycles. The third-order valence-electron chi connectivity index (χ3n) is 4.49. The van der Waals surface area contributed by atoms with E-state index in [-0.39, 0.29) is 19.1 Å². The molecule has 1 saturated heterocycles. The lowest BCUT2D eigenvalue weighted by molar-refractivity contribution is -0.150. The van der Waals surface area contributed by atoms with Gasteiger partial charge in [0, 0.05) is 18.3 Å². The average Bonchev–Trinajstić information content (AvgIpc) is 2.66. The number of ether oxygens (including phenoxy) is 1. The molecule has 26 heavy (non-hydrogen) atoms. The molecule has 2 atom stereocenters. The van der Waals surface area contributed by atoms with Gasteiger partial charge in [-0.15, -0.1) is 0 Å². The lowest BCUT2D eigenvalue weighted by atomic mass is 9.98. The van der Waals surface area contributed by atoms with Crippen molar-refractivity contribution >= 4 is 5.91 Å². The Morgan fingerprint density at radius 1 is 1.31 bits per heavy atom. The molecule has 1 amide bonds. The summed E-state index contributed by atoms with van der Waals surface area (Å²) in [6, 6.07) is 8.89. The summed E-state index contributed by atoms with van der Waals surface area (Å²) in [6.07, 6.45) is 0.838. The highest BCUT2D eigenvalue weighted by Gasteiger charge is 2.36. The van der Waals surface area contributed by atoms with E-state index in [0.29, 0.717) is 18.7 Å². The molecule has 0 aliphatic carbocycles. The number of nitrogens with one attached hydrogen (secondary N) is 1. The van der Waals surface area contributed by atoms with Crippen LogP contribution in [0, 0.1) is 6.92 Å². The Hall–Kier alpha value is -2.71. The highest BCUT2D eigenvalue weighted by Crippen LogP contribution is 2.29. The number of aryl methyl sites for hydroxylation is 1. The molecule has 2 N–H and O–H groups in total. The third-order valence-corrected chi connectivity index (χ3v) is 4.49. The first kappa shape index (κ1) is 18.1. The van der Waals surface area contributed by atoms with Crippen LogP contribution >= 0.6 is 0 Å². The number of amides is 1. The highest BCUT2D eigenvalue weighted by atomic mass is 16.5. The highest BCUT2D eigenvalue weighted by molar-refractivity contribution is 5.76. The second-order valence-corrected chi connectivity index (χ2v) is 6.23. The van der Waals surface area contributed by atoms with Gasteiger partial charge in [0.25, 0.3) is 5.56 Å². The Morgan fingerprint density at radius 3 is 2.73 bits per heavy atom. The van der Waals surface area contributed by atoms with Gasteiger partial charge in [0.1, 0.15) is 12.6 Å². The number of carbonyl (C=O) groups is 1. The Balaban J connectivity index is 1.90. The molecule has 8 heteroatoms. The minimum Gasteiger partial charge on any atom is -0.394 e. The van der Waals surface area contributed by atoms with E-state index in [2.05, 4.69) is 4.98 Å². The Kier molecular flexibility index (Phi) is 5.34. The van der Waals surface area contributed by atoms with Crippen molar-refractivity contribution in [3.05, 3.63) is 68.5 Å². The maximum Gasteiger partial charge on any atom is 0.328 e. The fourth-order valence-corrected chi connectivity index (χ4v) is 3.18. The topological polar surface area (TPSA) is 105 Å². The van der Waals surface area contributed by atoms with Crippen LogP contribution in [0.1, 0.15) is 17.2 Å². The number of nitrogens with zero attached hydrogens (tertiary/aromatic N) is 2. The van der Waals surface area contributed by atoms with Crippen molar-refractivity contribution in [2.45, 2.75) is 25.6 Å². The number of aliphatic hydroxyl groups is 1. The second kappa shape index (κ2) is 7.67. The fraction of sp³-hybridized carbons (Fsp3) is 0.389. The molecule has 0 unspecified atom stereocenters. The zero-order valence-corrected chi connectivity index (χ0v) is 14.4. The minimum absolute atomic E-state index is 0.196. The molecule has 1 aromatic carbocycles. The van der Waals surface area contributed by atoms with Gasteiger partial charge in [-0.1, -0.05) is 30.3 Å². The van der Waals surface area contributed by atoms with Gasteiger partial charge >= 0.3 is 5.69 Å². The van der Waals surface area contributed by atoms with Crippen molar-refractivity contribution < 1.29 is 14.6 Å². The predicted octanol–water partition coefficient (Wildman–Crippen LogP) is -0.194. The van der Waals surface area contributed by atoms with Crippen LogP contribution in [0.5, 0.6) is 0 Å². The van der Waals surface area contributed by atoms with Crippen molar-refractivity contribution in [3.8, 4) is 0 Å². The largest absolute Gasteiger partial charge is 0.394 e. The van der Waals surface area contributed by atoms with E-state index in [9.17, 15) is 19.5 Å². The molecule has 0 saturated carbocycles. The maximum atomic E-state index is 12.9. The molecule has 1 aliphatic heterocycles. The molecule has 3 rings (SSSR count). The number of aliphatic hydroxyl groups excluding tert-OH is 1. The van der Waals surface area contributed by atoms with Crippen LogP contribution < -0.4 is 11.2 Å². The zero-order valence-electron chi connectivity index (χ0n) is 14.4. The van der Waals surface area contributed by atoms with E-state index < -0.39 is 23.4 Å². The standard InChI is InChI=1S/C18H21N3O5/c1-12-9-20(18(25)19-17(12)24)10-15(23)21-7-8-26-14(11-22)16(21)13-5-3-2-4-6-13/h2-6,9,14,16,22H,7-8,10-11H2,1H3,(H,19,24,25)/t14-,16-/m1/s1. The van der Waals surface area contributed by atoms with Gasteiger partial charge in [0.05, 0.1) is 19.3 Å². The summed E-state index contributed by atoms with van der Waals surface area (Å²) in [4.78, 5) is 40.2. The molecule has 2 aromatic rings.